The number of aryl methyl sites for hydroxylation is 2. The van der Waals surface area contributed by atoms with E-state index in [0.29, 0.717) is 5.41 Å². The van der Waals surface area contributed by atoms with Crippen LogP contribution in [0.3, 0.4) is 0 Å². The summed E-state index contributed by atoms with van der Waals surface area (Å²) >= 11 is 0. The Kier molecular flexibility index (Phi) is 5.36. The number of rotatable bonds is 6. The summed E-state index contributed by atoms with van der Waals surface area (Å²) in [5.74, 6) is 0. The van der Waals surface area contributed by atoms with E-state index in [4.69, 9.17) is 5.73 Å². The van der Waals surface area contributed by atoms with Gasteiger partial charge in [-0.3, -0.25) is 0 Å². The van der Waals surface area contributed by atoms with E-state index in [1.54, 1.807) is 0 Å². The summed E-state index contributed by atoms with van der Waals surface area (Å²) < 4.78 is 0. The van der Waals surface area contributed by atoms with Crippen molar-refractivity contribution in [3.05, 3.63) is 34.9 Å². The molecule has 0 aliphatic heterocycles. The first kappa shape index (κ1) is 15.2. The Balaban J connectivity index is 2.64. The molecule has 0 amide bonds. The van der Waals surface area contributed by atoms with Gasteiger partial charge in [0, 0.05) is 13.1 Å². The van der Waals surface area contributed by atoms with Crippen molar-refractivity contribution in [1.29, 1.82) is 0 Å². The summed E-state index contributed by atoms with van der Waals surface area (Å²) in [6.45, 7) is 11.8. The van der Waals surface area contributed by atoms with Gasteiger partial charge in [-0.1, -0.05) is 37.6 Å². The topological polar surface area (TPSA) is 29.3 Å². The second kappa shape index (κ2) is 6.35. The molecule has 0 spiro atoms. The van der Waals surface area contributed by atoms with Crippen LogP contribution in [-0.4, -0.2) is 25.0 Å². The first-order valence-electron chi connectivity index (χ1n) is 6.79. The molecule has 0 aromatic heterocycles. The van der Waals surface area contributed by atoms with Crippen molar-refractivity contribution >= 4 is 0 Å². The molecule has 1 rings (SSSR count). The van der Waals surface area contributed by atoms with Crippen LogP contribution in [0.5, 0.6) is 0 Å². The number of nitrogens with two attached hydrogens (primary N) is 1. The molecule has 0 unspecified atom stereocenters. The zero-order valence-electron chi connectivity index (χ0n) is 12.6. The van der Waals surface area contributed by atoms with E-state index in [2.05, 4.69) is 57.8 Å². The first-order chi connectivity index (χ1) is 8.34. The van der Waals surface area contributed by atoms with Crippen molar-refractivity contribution in [2.24, 2.45) is 11.1 Å². The summed E-state index contributed by atoms with van der Waals surface area (Å²) in [6, 6.07) is 6.68. The molecule has 0 fully saturated rings. The van der Waals surface area contributed by atoms with Crippen LogP contribution in [0.2, 0.25) is 0 Å². The standard InChI is InChI=1S/C16H28N2/c1-13-6-7-14(2)15(10-13)11-18(5)12-16(3,4)8-9-17/h6-7,10H,8-9,11-12,17H2,1-5H3. The molecule has 18 heavy (non-hydrogen) atoms. The Hall–Kier alpha value is -0.860. The predicted molar refractivity (Wildman–Crippen MR) is 79.7 cm³/mol. The fourth-order valence-electron chi connectivity index (χ4n) is 2.52. The van der Waals surface area contributed by atoms with E-state index >= 15 is 0 Å². The molecule has 102 valence electrons. The van der Waals surface area contributed by atoms with E-state index in [1.165, 1.54) is 16.7 Å². The molecule has 1 aromatic carbocycles. The van der Waals surface area contributed by atoms with E-state index in [0.717, 1.165) is 26.1 Å². The molecule has 0 saturated heterocycles. The van der Waals surface area contributed by atoms with Gasteiger partial charge in [-0.25, -0.2) is 0 Å². The average molecular weight is 248 g/mol. The monoisotopic (exact) mass is 248 g/mol. The lowest BCUT2D eigenvalue weighted by atomic mass is 9.88. The van der Waals surface area contributed by atoms with Gasteiger partial charge in [0.25, 0.3) is 0 Å². The molecule has 0 aliphatic carbocycles. The third-order valence-electron chi connectivity index (χ3n) is 3.46. The molecule has 0 bridgehead atoms. The minimum Gasteiger partial charge on any atom is -0.330 e. The highest BCUT2D eigenvalue weighted by Crippen LogP contribution is 2.22. The first-order valence-corrected chi connectivity index (χ1v) is 6.79. The Morgan fingerprint density at radius 2 is 1.89 bits per heavy atom. The lowest BCUT2D eigenvalue weighted by molar-refractivity contribution is 0.194. The molecule has 0 aliphatic rings. The van der Waals surface area contributed by atoms with Gasteiger partial charge >= 0.3 is 0 Å². The smallest absolute Gasteiger partial charge is 0.0233 e. The fourth-order valence-corrected chi connectivity index (χ4v) is 2.52. The van der Waals surface area contributed by atoms with Gasteiger partial charge in [0.15, 0.2) is 0 Å². The lowest BCUT2D eigenvalue weighted by Crippen LogP contribution is -2.32. The van der Waals surface area contributed by atoms with Crippen molar-refractivity contribution in [2.45, 2.75) is 40.7 Å². The minimum atomic E-state index is 0.293. The van der Waals surface area contributed by atoms with Gasteiger partial charge < -0.3 is 10.6 Å². The molecule has 0 heterocycles. The van der Waals surface area contributed by atoms with Gasteiger partial charge in [-0.2, -0.15) is 0 Å². The van der Waals surface area contributed by atoms with Crippen LogP contribution in [0.1, 0.15) is 37.0 Å². The molecule has 2 nitrogen and oxygen atoms in total. The van der Waals surface area contributed by atoms with Crippen LogP contribution >= 0.6 is 0 Å². The fraction of sp³-hybridized carbons (Fsp3) is 0.625. The van der Waals surface area contributed by atoms with Crippen LogP contribution in [0.4, 0.5) is 0 Å². The maximum absolute atomic E-state index is 5.67. The van der Waals surface area contributed by atoms with Crippen LogP contribution in [0, 0.1) is 19.3 Å². The van der Waals surface area contributed by atoms with Crippen LogP contribution < -0.4 is 5.73 Å². The predicted octanol–water partition coefficient (Wildman–Crippen LogP) is 3.11. The van der Waals surface area contributed by atoms with Crippen molar-refractivity contribution < 1.29 is 0 Å². The highest BCUT2D eigenvalue weighted by Gasteiger charge is 2.19. The number of hydrogen-bond donors (Lipinski definition) is 1. The molecular weight excluding hydrogens is 220 g/mol. The maximum Gasteiger partial charge on any atom is 0.0233 e. The van der Waals surface area contributed by atoms with Gasteiger partial charge in [0.2, 0.25) is 0 Å². The maximum atomic E-state index is 5.67. The van der Waals surface area contributed by atoms with E-state index in [1.807, 2.05) is 0 Å². The molecule has 0 radical (unpaired) electrons. The Labute approximate surface area is 112 Å². The summed E-state index contributed by atoms with van der Waals surface area (Å²) in [5.41, 5.74) is 10.1. The summed E-state index contributed by atoms with van der Waals surface area (Å²) in [4.78, 5) is 2.40. The molecule has 0 atom stereocenters. The van der Waals surface area contributed by atoms with E-state index in [-0.39, 0.29) is 0 Å². The second-order valence-electron chi connectivity index (χ2n) is 6.31. The molecular formula is C16H28N2. The average Bonchev–Trinajstić information content (AvgIpc) is 2.22. The Morgan fingerprint density at radius 3 is 2.50 bits per heavy atom. The zero-order chi connectivity index (χ0) is 13.8. The van der Waals surface area contributed by atoms with Crippen molar-refractivity contribution in [2.75, 3.05) is 20.1 Å². The second-order valence-corrected chi connectivity index (χ2v) is 6.31. The normalized spacial score (nSPS) is 12.2. The van der Waals surface area contributed by atoms with Gasteiger partial charge in [-0.05, 0) is 50.4 Å². The highest BCUT2D eigenvalue weighted by atomic mass is 15.1. The minimum absolute atomic E-state index is 0.293. The molecule has 2 N–H and O–H groups in total. The Morgan fingerprint density at radius 1 is 1.22 bits per heavy atom. The third-order valence-corrected chi connectivity index (χ3v) is 3.46. The van der Waals surface area contributed by atoms with Crippen LogP contribution in [-0.2, 0) is 6.54 Å². The third kappa shape index (κ3) is 4.79. The number of benzene rings is 1. The highest BCUT2D eigenvalue weighted by molar-refractivity contribution is 5.30. The zero-order valence-corrected chi connectivity index (χ0v) is 12.6. The van der Waals surface area contributed by atoms with Crippen molar-refractivity contribution in [3.8, 4) is 0 Å². The largest absolute Gasteiger partial charge is 0.330 e. The van der Waals surface area contributed by atoms with Gasteiger partial charge in [0.1, 0.15) is 0 Å². The van der Waals surface area contributed by atoms with Crippen molar-refractivity contribution in [3.63, 3.8) is 0 Å². The molecule has 1 aromatic rings. The van der Waals surface area contributed by atoms with Crippen LogP contribution in [0.15, 0.2) is 18.2 Å². The summed E-state index contributed by atoms with van der Waals surface area (Å²) in [6.07, 6.45) is 1.07. The quantitative estimate of drug-likeness (QED) is 0.838. The lowest BCUT2D eigenvalue weighted by Gasteiger charge is -2.30. The number of hydrogen-bond acceptors (Lipinski definition) is 2. The number of nitrogens with zero attached hydrogens (tertiary/aromatic N) is 1. The van der Waals surface area contributed by atoms with E-state index in [9.17, 15) is 0 Å². The van der Waals surface area contributed by atoms with Crippen LogP contribution in [0.25, 0.3) is 0 Å². The van der Waals surface area contributed by atoms with Crippen molar-refractivity contribution in [1.82, 2.24) is 4.90 Å². The van der Waals surface area contributed by atoms with E-state index < -0.39 is 0 Å². The SMILES string of the molecule is Cc1ccc(C)c(CN(C)CC(C)(C)CCN)c1. The molecule has 0 saturated carbocycles. The Bertz CT molecular complexity index is 383. The summed E-state index contributed by atoms with van der Waals surface area (Å²) in [5, 5.41) is 0. The summed E-state index contributed by atoms with van der Waals surface area (Å²) in [7, 11) is 2.19. The van der Waals surface area contributed by atoms with Gasteiger partial charge in [0.05, 0.1) is 0 Å². The molecule has 2 heteroatoms. The van der Waals surface area contributed by atoms with Gasteiger partial charge in [-0.15, -0.1) is 0 Å².